The fourth-order valence-corrected chi connectivity index (χ4v) is 2.54. The summed E-state index contributed by atoms with van der Waals surface area (Å²) < 4.78 is 0. The molecule has 0 unspecified atom stereocenters. The molecule has 0 N–H and O–H groups in total. The van der Waals surface area contributed by atoms with Crippen LogP contribution in [0.25, 0.3) is 10.9 Å². The molecule has 0 aliphatic carbocycles. The van der Waals surface area contributed by atoms with Gasteiger partial charge < -0.3 is 0 Å². The van der Waals surface area contributed by atoms with Gasteiger partial charge in [-0.25, -0.2) is 4.98 Å². The third kappa shape index (κ3) is 1.91. The van der Waals surface area contributed by atoms with Crippen molar-refractivity contribution in [1.29, 1.82) is 0 Å². The standard InChI is InChI=1S/C14H10N2OS/c1-9-15-8-13(18-9)14(17)11-6-10-4-2-3-5-12(10)16-7-11/h2-8H,1H3. The van der Waals surface area contributed by atoms with E-state index < -0.39 is 0 Å². The van der Waals surface area contributed by atoms with Crippen molar-refractivity contribution in [1.82, 2.24) is 9.97 Å². The second kappa shape index (κ2) is 4.31. The molecule has 2 aromatic heterocycles. The Bertz CT molecular complexity index is 733. The molecule has 18 heavy (non-hydrogen) atoms. The summed E-state index contributed by atoms with van der Waals surface area (Å²) in [5.74, 6) is -0.0150. The summed E-state index contributed by atoms with van der Waals surface area (Å²) >= 11 is 1.41. The number of carbonyl (C=O) groups excluding carboxylic acids is 1. The van der Waals surface area contributed by atoms with Crippen molar-refractivity contribution in [2.45, 2.75) is 6.92 Å². The van der Waals surface area contributed by atoms with Crippen LogP contribution in [0.2, 0.25) is 0 Å². The van der Waals surface area contributed by atoms with E-state index in [9.17, 15) is 4.79 Å². The zero-order valence-corrected chi connectivity index (χ0v) is 10.6. The number of hydrogen-bond donors (Lipinski definition) is 0. The molecule has 3 nitrogen and oxygen atoms in total. The first-order valence-electron chi connectivity index (χ1n) is 5.56. The van der Waals surface area contributed by atoms with Crippen molar-refractivity contribution in [2.24, 2.45) is 0 Å². The molecule has 0 radical (unpaired) electrons. The van der Waals surface area contributed by atoms with E-state index in [0.717, 1.165) is 15.9 Å². The van der Waals surface area contributed by atoms with Crippen LogP contribution in [0.15, 0.2) is 42.7 Å². The molecule has 0 fully saturated rings. The van der Waals surface area contributed by atoms with Gasteiger partial charge in [-0.1, -0.05) is 18.2 Å². The third-order valence-corrected chi connectivity index (χ3v) is 3.61. The van der Waals surface area contributed by atoms with Crippen molar-refractivity contribution in [3.63, 3.8) is 0 Å². The van der Waals surface area contributed by atoms with Crippen LogP contribution in [0, 0.1) is 6.92 Å². The molecular formula is C14H10N2OS. The second-order valence-corrected chi connectivity index (χ2v) is 5.22. The Morgan fingerprint density at radius 3 is 2.78 bits per heavy atom. The second-order valence-electron chi connectivity index (χ2n) is 3.99. The maximum absolute atomic E-state index is 12.2. The number of carbonyl (C=O) groups is 1. The van der Waals surface area contributed by atoms with E-state index in [1.807, 2.05) is 37.3 Å². The van der Waals surface area contributed by atoms with Gasteiger partial charge in [0, 0.05) is 23.3 Å². The smallest absolute Gasteiger partial charge is 0.206 e. The van der Waals surface area contributed by atoms with Gasteiger partial charge in [0.15, 0.2) is 0 Å². The predicted molar refractivity (Wildman–Crippen MR) is 72.0 cm³/mol. The summed E-state index contributed by atoms with van der Waals surface area (Å²) in [6.45, 7) is 1.89. The molecule has 3 rings (SSSR count). The Labute approximate surface area is 108 Å². The predicted octanol–water partition coefficient (Wildman–Crippen LogP) is 3.23. The lowest BCUT2D eigenvalue weighted by Gasteiger charge is -2.00. The molecule has 88 valence electrons. The SMILES string of the molecule is Cc1ncc(C(=O)c2cnc3ccccc3c2)s1. The maximum atomic E-state index is 12.2. The largest absolute Gasteiger partial charge is 0.288 e. The van der Waals surface area contributed by atoms with Gasteiger partial charge in [0.1, 0.15) is 0 Å². The van der Waals surface area contributed by atoms with E-state index in [1.54, 1.807) is 12.4 Å². The quantitative estimate of drug-likeness (QED) is 0.659. The topological polar surface area (TPSA) is 42.9 Å². The van der Waals surface area contributed by atoms with E-state index in [4.69, 9.17) is 0 Å². The molecule has 0 atom stereocenters. The minimum Gasteiger partial charge on any atom is -0.288 e. The zero-order chi connectivity index (χ0) is 12.5. The lowest BCUT2D eigenvalue weighted by molar-refractivity contribution is 0.104. The summed E-state index contributed by atoms with van der Waals surface area (Å²) in [7, 11) is 0. The molecule has 0 aliphatic heterocycles. The van der Waals surface area contributed by atoms with Crippen LogP contribution in [-0.2, 0) is 0 Å². The Morgan fingerprint density at radius 1 is 1.17 bits per heavy atom. The van der Waals surface area contributed by atoms with E-state index >= 15 is 0 Å². The molecule has 2 heterocycles. The van der Waals surface area contributed by atoms with Gasteiger partial charge in [-0.3, -0.25) is 9.78 Å². The molecule has 0 saturated carbocycles. The van der Waals surface area contributed by atoms with Gasteiger partial charge >= 0.3 is 0 Å². The van der Waals surface area contributed by atoms with Crippen molar-refractivity contribution >= 4 is 28.0 Å². The molecule has 0 amide bonds. The number of pyridine rings is 1. The fraction of sp³-hybridized carbons (Fsp3) is 0.0714. The number of nitrogens with zero attached hydrogens (tertiary/aromatic N) is 2. The zero-order valence-electron chi connectivity index (χ0n) is 9.75. The molecule has 3 aromatic rings. The van der Waals surface area contributed by atoms with Crippen LogP contribution in [0.1, 0.15) is 20.2 Å². The molecule has 0 bridgehead atoms. The molecule has 0 saturated heterocycles. The molecule has 1 aromatic carbocycles. The number of fused-ring (bicyclic) bond motifs is 1. The van der Waals surface area contributed by atoms with Crippen molar-refractivity contribution in [3.8, 4) is 0 Å². The third-order valence-electron chi connectivity index (χ3n) is 2.70. The number of aromatic nitrogens is 2. The van der Waals surface area contributed by atoms with E-state index in [2.05, 4.69) is 9.97 Å². The van der Waals surface area contributed by atoms with E-state index in [-0.39, 0.29) is 5.78 Å². The average Bonchev–Trinajstić information content (AvgIpc) is 2.84. The highest BCUT2D eigenvalue weighted by molar-refractivity contribution is 7.13. The van der Waals surface area contributed by atoms with Crippen molar-refractivity contribution in [3.05, 3.63) is 58.2 Å². The number of benzene rings is 1. The van der Waals surface area contributed by atoms with Crippen LogP contribution in [0.3, 0.4) is 0 Å². The maximum Gasteiger partial charge on any atom is 0.206 e. The fourth-order valence-electron chi connectivity index (χ4n) is 1.80. The van der Waals surface area contributed by atoms with Gasteiger partial charge in [-0.05, 0) is 19.1 Å². The summed E-state index contributed by atoms with van der Waals surface area (Å²) in [6, 6.07) is 9.63. The minimum atomic E-state index is -0.0150. The molecule has 4 heteroatoms. The Kier molecular flexibility index (Phi) is 2.64. The van der Waals surface area contributed by atoms with Gasteiger partial charge in [0.25, 0.3) is 0 Å². The lowest BCUT2D eigenvalue weighted by Crippen LogP contribution is -1.99. The summed E-state index contributed by atoms with van der Waals surface area (Å²) in [6.07, 6.45) is 3.25. The summed E-state index contributed by atoms with van der Waals surface area (Å²) in [5.41, 5.74) is 1.51. The number of hydrogen-bond acceptors (Lipinski definition) is 4. The van der Waals surface area contributed by atoms with Gasteiger partial charge in [-0.2, -0.15) is 0 Å². The van der Waals surface area contributed by atoms with Crippen LogP contribution < -0.4 is 0 Å². The van der Waals surface area contributed by atoms with Crippen molar-refractivity contribution < 1.29 is 4.79 Å². The number of ketones is 1. The van der Waals surface area contributed by atoms with E-state index in [1.165, 1.54) is 11.3 Å². The highest BCUT2D eigenvalue weighted by atomic mass is 32.1. The molecule has 0 aliphatic rings. The monoisotopic (exact) mass is 254 g/mol. The Balaban J connectivity index is 2.06. The van der Waals surface area contributed by atoms with Crippen LogP contribution in [0.4, 0.5) is 0 Å². The first-order chi connectivity index (χ1) is 8.74. The number of rotatable bonds is 2. The minimum absolute atomic E-state index is 0.0150. The summed E-state index contributed by atoms with van der Waals surface area (Å²) in [5, 5.41) is 1.87. The van der Waals surface area contributed by atoms with Crippen molar-refractivity contribution in [2.75, 3.05) is 0 Å². The van der Waals surface area contributed by atoms with Gasteiger partial charge in [-0.15, -0.1) is 11.3 Å². The first-order valence-corrected chi connectivity index (χ1v) is 6.37. The highest BCUT2D eigenvalue weighted by Gasteiger charge is 2.12. The number of thiazole rings is 1. The Hall–Kier alpha value is -2.07. The average molecular weight is 254 g/mol. The number of aryl methyl sites for hydroxylation is 1. The number of para-hydroxylation sites is 1. The Morgan fingerprint density at radius 2 is 2.00 bits per heavy atom. The lowest BCUT2D eigenvalue weighted by atomic mass is 10.1. The van der Waals surface area contributed by atoms with E-state index in [0.29, 0.717) is 10.4 Å². The van der Waals surface area contributed by atoms with Gasteiger partial charge in [0.05, 0.1) is 15.4 Å². The van der Waals surface area contributed by atoms with Gasteiger partial charge in [0.2, 0.25) is 5.78 Å². The highest BCUT2D eigenvalue weighted by Crippen LogP contribution is 2.19. The summed E-state index contributed by atoms with van der Waals surface area (Å²) in [4.78, 5) is 21.3. The molecule has 0 spiro atoms. The van der Waals surface area contributed by atoms with Crippen LogP contribution in [0.5, 0.6) is 0 Å². The normalized spacial score (nSPS) is 10.7. The molecular weight excluding hydrogens is 244 g/mol. The van der Waals surface area contributed by atoms with Crippen LogP contribution >= 0.6 is 11.3 Å². The van der Waals surface area contributed by atoms with Crippen LogP contribution in [-0.4, -0.2) is 15.8 Å². The first kappa shape index (κ1) is 11.0.